The number of nitrogens with zero attached hydrogens (tertiary/aromatic N) is 1. The van der Waals surface area contributed by atoms with Gasteiger partial charge in [0.2, 0.25) is 0 Å². The summed E-state index contributed by atoms with van der Waals surface area (Å²) in [5.74, 6) is 0.556. The summed E-state index contributed by atoms with van der Waals surface area (Å²) in [7, 11) is 0. The lowest BCUT2D eigenvalue weighted by atomic mass is 10.2. The number of halogens is 1. The van der Waals surface area contributed by atoms with Gasteiger partial charge in [-0.15, -0.1) is 0 Å². The number of hydrogen-bond donors (Lipinski definition) is 2. The molecule has 2 N–H and O–H groups in total. The van der Waals surface area contributed by atoms with Crippen LogP contribution in [0.2, 0.25) is 0 Å². The summed E-state index contributed by atoms with van der Waals surface area (Å²) >= 11 is 0. The minimum atomic E-state index is -0.310. The Balaban J connectivity index is 1.57. The standard InChI is InChI=1S/C21H26FN3O2/c1-3-27-20-7-5-4-6-19(20)25-14-12-24(13-15-25)16(2)21(26)23-18-10-8-17(22)9-11-18/h4-11,16H,3,12-15H2,1-2H3,(H,23,26)/p+1/t16-/m1/s1. The molecule has 1 atom stereocenters. The van der Waals surface area contributed by atoms with Gasteiger partial charge in [0, 0.05) is 5.69 Å². The minimum absolute atomic E-state index is 0.0419. The maximum absolute atomic E-state index is 13.0. The predicted molar refractivity (Wildman–Crippen MR) is 105 cm³/mol. The van der Waals surface area contributed by atoms with Crippen molar-refractivity contribution in [3.8, 4) is 5.75 Å². The zero-order valence-electron chi connectivity index (χ0n) is 15.9. The maximum Gasteiger partial charge on any atom is 0.282 e. The largest absolute Gasteiger partial charge is 0.492 e. The normalized spacial score (nSPS) is 16.0. The van der Waals surface area contributed by atoms with Crippen molar-refractivity contribution >= 4 is 17.3 Å². The SMILES string of the molecule is CCOc1ccccc1N1CC[NH+]([C@H](C)C(=O)Nc2ccc(F)cc2)CC1. The third-order valence-electron chi connectivity index (χ3n) is 5.03. The highest BCUT2D eigenvalue weighted by Crippen LogP contribution is 2.27. The highest BCUT2D eigenvalue weighted by atomic mass is 19.1. The van der Waals surface area contributed by atoms with Crippen LogP contribution in [0.4, 0.5) is 15.8 Å². The van der Waals surface area contributed by atoms with Gasteiger partial charge in [-0.25, -0.2) is 4.39 Å². The van der Waals surface area contributed by atoms with Crippen molar-refractivity contribution in [1.82, 2.24) is 0 Å². The first-order valence-corrected chi connectivity index (χ1v) is 9.46. The van der Waals surface area contributed by atoms with Gasteiger partial charge in [0.25, 0.3) is 5.91 Å². The summed E-state index contributed by atoms with van der Waals surface area (Å²) in [5, 5.41) is 2.87. The fraction of sp³-hybridized carbons (Fsp3) is 0.381. The molecule has 2 aromatic carbocycles. The van der Waals surface area contributed by atoms with Gasteiger partial charge >= 0.3 is 0 Å². The molecule has 0 saturated carbocycles. The van der Waals surface area contributed by atoms with E-state index in [1.54, 1.807) is 12.1 Å². The van der Waals surface area contributed by atoms with Gasteiger partial charge < -0.3 is 19.9 Å². The van der Waals surface area contributed by atoms with Crippen LogP contribution in [-0.2, 0) is 4.79 Å². The summed E-state index contributed by atoms with van der Waals surface area (Å²) in [5.41, 5.74) is 1.73. The van der Waals surface area contributed by atoms with Crippen LogP contribution in [0.3, 0.4) is 0 Å². The summed E-state index contributed by atoms with van der Waals surface area (Å²) in [6.45, 7) is 8.05. The minimum Gasteiger partial charge on any atom is -0.492 e. The number of amides is 1. The first kappa shape index (κ1) is 19.2. The molecule has 1 saturated heterocycles. The number of benzene rings is 2. The Morgan fingerprint density at radius 2 is 1.85 bits per heavy atom. The lowest BCUT2D eigenvalue weighted by Gasteiger charge is -2.36. The van der Waals surface area contributed by atoms with E-state index in [4.69, 9.17) is 4.74 Å². The van der Waals surface area contributed by atoms with Gasteiger partial charge in [0.15, 0.2) is 6.04 Å². The molecule has 0 spiro atoms. The molecule has 6 heteroatoms. The third kappa shape index (κ3) is 4.77. The molecule has 1 fully saturated rings. The molecule has 1 aliphatic heterocycles. The number of hydrogen-bond acceptors (Lipinski definition) is 3. The number of carbonyl (C=O) groups is 1. The molecule has 0 aliphatic carbocycles. The van der Waals surface area contributed by atoms with Gasteiger partial charge in [-0.3, -0.25) is 4.79 Å². The molecule has 1 heterocycles. The Kier molecular flexibility index (Phi) is 6.29. The van der Waals surface area contributed by atoms with Gasteiger partial charge in [-0.05, 0) is 50.2 Å². The summed E-state index contributed by atoms with van der Waals surface area (Å²) in [6, 6.07) is 13.8. The number of anilines is 2. The van der Waals surface area contributed by atoms with Crippen molar-refractivity contribution in [3.05, 3.63) is 54.3 Å². The van der Waals surface area contributed by atoms with Crippen LogP contribution in [-0.4, -0.2) is 44.7 Å². The van der Waals surface area contributed by atoms with Crippen LogP contribution in [0.1, 0.15) is 13.8 Å². The monoisotopic (exact) mass is 372 g/mol. The second kappa shape index (κ2) is 8.86. The molecule has 2 aromatic rings. The van der Waals surface area contributed by atoms with Crippen molar-refractivity contribution in [2.75, 3.05) is 43.0 Å². The van der Waals surface area contributed by atoms with Crippen LogP contribution < -0.4 is 19.9 Å². The molecule has 0 radical (unpaired) electrons. The van der Waals surface area contributed by atoms with Gasteiger partial charge in [-0.2, -0.15) is 0 Å². The number of para-hydroxylation sites is 2. The Morgan fingerprint density at radius 3 is 2.52 bits per heavy atom. The van der Waals surface area contributed by atoms with E-state index in [9.17, 15) is 9.18 Å². The van der Waals surface area contributed by atoms with E-state index in [2.05, 4.69) is 16.3 Å². The van der Waals surface area contributed by atoms with Crippen LogP contribution in [0.5, 0.6) is 5.75 Å². The van der Waals surface area contributed by atoms with Crippen molar-refractivity contribution < 1.29 is 18.8 Å². The molecule has 1 aliphatic rings. The molecule has 5 nitrogen and oxygen atoms in total. The number of piperazine rings is 1. The number of nitrogens with one attached hydrogen (secondary N) is 2. The van der Waals surface area contributed by atoms with E-state index in [1.165, 1.54) is 17.0 Å². The average Bonchev–Trinajstić information content (AvgIpc) is 2.70. The number of ether oxygens (including phenoxy) is 1. The van der Waals surface area contributed by atoms with Gasteiger partial charge in [0.05, 0.1) is 38.5 Å². The third-order valence-corrected chi connectivity index (χ3v) is 5.03. The summed E-state index contributed by atoms with van der Waals surface area (Å²) in [4.78, 5) is 16.1. The van der Waals surface area contributed by atoms with Crippen LogP contribution in [0, 0.1) is 5.82 Å². The molecule has 1 amide bonds. The zero-order valence-corrected chi connectivity index (χ0v) is 15.9. The van der Waals surface area contributed by atoms with E-state index < -0.39 is 0 Å². The molecular weight excluding hydrogens is 345 g/mol. The van der Waals surface area contributed by atoms with Crippen molar-refractivity contribution in [1.29, 1.82) is 0 Å². The van der Waals surface area contributed by atoms with E-state index in [0.717, 1.165) is 37.6 Å². The lowest BCUT2D eigenvalue weighted by molar-refractivity contribution is -0.914. The Hall–Kier alpha value is -2.60. The first-order chi connectivity index (χ1) is 13.1. The van der Waals surface area contributed by atoms with Crippen molar-refractivity contribution in [2.24, 2.45) is 0 Å². The van der Waals surface area contributed by atoms with E-state index in [0.29, 0.717) is 12.3 Å². The average molecular weight is 372 g/mol. The van der Waals surface area contributed by atoms with Crippen LogP contribution >= 0.6 is 0 Å². The highest BCUT2D eigenvalue weighted by Gasteiger charge is 2.30. The quantitative estimate of drug-likeness (QED) is 0.815. The smallest absolute Gasteiger partial charge is 0.282 e. The fourth-order valence-electron chi connectivity index (χ4n) is 3.43. The zero-order chi connectivity index (χ0) is 19.2. The molecule has 3 rings (SSSR count). The first-order valence-electron chi connectivity index (χ1n) is 9.46. The molecule has 0 bridgehead atoms. The molecule has 27 heavy (non-hydrogen) atoms. The lowest BCUT2D eigenvalue weighted by Crippen LogP contribution is -3.19. The predicted octanol–water partition coefficient (Wildman–Crippen LogP) is 1.96. The van der Waals surface area contributed by atoms with E-state index >= 15 is 0 Å². The van der Waals surface area contributed by atoms with Gasteiger partial charge in [-0.1, -0.05) is 12.1 Å². The second-order valence-electron chi connectivity index (χ2n) is 6.76. The number of rotatable bonds is 6. The number of quaternary nitrogens is 1. The van der Waals surface area contributed by atoms with Crippen molar-refractivity contribution in [2.45, 2.75) is 19.9 Å². The van der Waals surface area contributed by atoms with E-state index in [1.807, 2.05) is 32.0 Å². The topological polar surface area (TPSA) is 46.0 Å². The fourth-order valence-corrected chi connectivity index (χ4v) is 3.43. The number of carbonyl (C=O) groups excluding carboxylic acids is 1. The Labute approximate surface area is 159 Å². The van der Waals surface area contributed by atoms with Crippen LogP contribution in [0.15, 0.2) is 48.5 Å². The Bertz CT molecular complexity index is 758. The van der Waals surface area contributed by atoms with Gasteiger partial charge in [0.1, 0.15) is 11.6 Å². The molecule has 0 aromatic heterocycles. The Morgan fingerprint density at radius 1 is 1.19 bits per heavy atom. The van der Waals surface area contributed by atoms with E-state index in [-0.39, 0.29) is 17.8 Å². The summed E-state index contributed by atoms with van der Waals surface area (Å²) in [6.07, 6.45) is 0. The second-order valence-corrected chi connectivity index (χ2v) is 6.76. The molecule has 0 unspecified atom stereocenters. The molecule has 144 valence electrons. The summed E-state index contributed by atoms with van der Waals surface area (Å²) < 4.78 is 18.7. The van der Waals surface area contributed by atoms with Crippen molar-refractivity contribution in [3.63, 3.8) is 0 Å². The van der Waals surface area contributed by atoms with Crippen LogP contribution in [0.25, 0.3) is 0 Å². The maximum atomic E-state index is 13.0. The highest BCUT2D eigenvalue weighted by molar-refractivity contribution is 5.93. The molecular formula is C21H27FN3O2+.